The third-order valence-electron chi connectivity index (χ3n) is 3.11. The maximum absolute atomic E-state index is 12.2. The van der Waals surface area contributed by atoms with Crippen LogP contribution in [0.15, 0.2) is 0 Å². The normalized spacial score (nSPS) is 27.4. The molecule has 0 amide bonds. The van der Waals surface area contributed by atoms with Gasteiger partial charge in [0, 0.05) is 12.5 Å². The molecule has 0 aromatic heterocycles. The maximum Gasteiger partial charge on any atom is 0.389 e. The van der Waals surface area contributed by atoms with Crippen LogP contribution in [-0.2, 0) is 4.74 Å². The molecule has 1 rings (SSSR count). The molecule has 5 heteroatoms. The molecule has 0 aliphatic carbocycles. The fraction of sp³-hybridized carbons (Fsp3) is 1.00. The molecule has 0 bridgehead atoms. The standard InChI is InChI=1S/C12H22F3NO/c1-3-8-16-10(6-7-12(13,14)15)11-5-4-9(2)17-11/h9-11,16H,3-8H2,1-2H3. The van der Waals surface area contributed by atoms with Gasteiger partial charge in [-0.1, -0.05) is 6.92 Å². The number of halogens is 3. The van der Waals surface area contributed by atoms with Crippen LogP contribution in [0.3, 0.4) is 0 Å². The van der Waals surface area contributed by atoms with Gasteiger partial charge in [-0.15, -0.1) is 0 Å². The highest BCUT2D eigenvalue weighted by molar-refractivity contribution is 4.83. The molecule has 17 heavy (non-hydrogen) atoms. The quantitative estimate of drug-likeness (QED) is 0.784. The Hall–Kier alpha value is -0.290. The first-order chi connectivity index (χ1) is 7.92. The van der Waals surface area contributed by atoms with E-state index in [0.717, 1.165) is 25.8 Å². The summed E-state index contributed by atoms with van der Waals surface area (Å²) in [4.78, 5) is 0. The first kappa shape index (κ1) is 14.8. The lowest BCUT2D eigenvalue weighted by Crippen LogP contribution is -2.41. The fourth-order valence-corrected chi connectivity index (χ4v) is 2.20. The lowest BCUT2D eigenvalue weighted by molar-refractivity contribution is -0.138. The van der Waals surface area contributed by atoms with Gasteiger partial charge < -0.3 is 10.1 Å². The molecular formula is C12H22F3NO. The minimum absolute atomic E-state index is 0.0566. The van der Waals surface area contributed by atoms with Gasteiger partial charge in [-0.25, -0.2) is 0 Å². The van der Waals surface area contributed by atoms with Crippen molar-refractivity contribution in [2.24, 2.45) is 0 Å². The minimum Gasteiger partial charge on any atom is -0.374 e. The third kappa shape index (κ3) is 5.73. The molecule has 0 aromatic rings. The van der Waals surface area contributed by atoms with E-state index in [1.807, 2.05) is 13.8 Å². The van der Waals surface area contributed by atoms with Crippen LogP contribution in [0.4, 0.5) is 13.2 Å². The van der Waals surface area contributed by atoms with E-state index in [1.165, 1.54) is 0 Å². The van der Waals surface area contributed by atoms with E-state index in [9.17, 15) is 13.2 Å². The van der Waals surface area contributed by atoms with Crippen LogP contribution in [0.5, 0.6) is 0 Å². The third-order valence-corrected chi connectivity index (χ3v) is 3.11. The van der Waals surface area contributed by atoms with Crippen LogP contribution in [0, 0.1) is 0 Å². The topological polar surface area (TPSA) is 21.3 Å². The number of alkyl halides is 3. The van der Waals surface area contributed by atoms with E-state index in [-0.39, 0.29) is 24.7 Å². The van der Waals surface area contributed by atoms with Crippen LogP contribution in [0.2, 0.25) is 0 Å². The van der Waals surface area contributed by atoms with Crippen molar-refractivity contribution < 1.29 is 17.9 Å². The van der Waals surface area contributed by atoms with Gasteiger partial charge in [0.1, 0.15) is 0 Å². The van der Waals surface area contributed by atoms with Crippen LogP contribution in [0.25, 0.3) is 0 Å². The number of ether oxygens (including phenoxy) is 1. The van der Waals surface area contributed by atoms with Gasteiger partial charge in [0.05, 0.1) is 12.2 Å². The SMILES string of the molecule is CCCNC(CCC(F)(F)F)C1CCC(C)O1. The zero-order valence-corrected chi connectivity index (χ0v) is 10.5. The molecule has 0 saturated carbocycles. The second kappa shape index (κ2) is 6.59. The number of rotatable bonds is 6. The summed E-state index contributed by atoms with van der Waals surface area (Å²) in [5.41, 5.74) is 0. The summed E-state index contributed by atoms with van der Waals surface area (Å²) in [6, 6.07) is -0.165. The Labute approximate surface area is 101 Å². The van der Waals surface area contributed by atoms with Crippen molar-refractivity contribution in [1.82, 2.24) is 5.32 Å². The van der Waals surface area contributed by atoms with Crippen molar-refractivity contribution in [3.63, 3.8) is 0 Å². The van der Waals surface area contributed by atoms with Crippen molar-refractivity contribution in [3.8, 4) is 0 Å². The molecule has 1 saturated heterocycles. The average Bonchev–Trinajstić information content (AvgIpc) is 2.63. The first-order valence-electron chi connectivity index (χ1n) is 6.38. The Balaban J connectivity index is 2.42. The molecule has 0 aromatic carbocycles. The number of nitrogens with one attached hydrogen (secondary N) is 1. The van der Waals surface area contributed by atoms with Gasteiger partial charge in [-0.05, 0) is 39.2 Å². The van der Waals surface area contributed by atoms with Crippen LogP contribution >= 0.6 is 0 Å². The predicted molar refractivity (Wildman–Crippen MR) is 60.9 cm³/mol. The molecule has 1 heterocycles. The second-order valence-corrected chi connectivity index (χ2v) is 4.78. The highest BCUT2D eigenvalue weighted by Gasteiger charge is 2.33. The summed E-state index contributed by atoms with van der Waals surface area (Å²) < 4.78 is 42.4. The monoisotopic (exact) mass is 253 g/mol. The predicted octanol–water partition coefficient (Wildman–Crippen LogP) is 3.26. The molecule has 3 atom stereocenters. The van der Waals surface area contributed by atoms with Crippen LogP contribution in [-0.4, -0.2) is 31.0 Å². The zero-order chi connectivity index (χ0) is 12.9. The molecule has 0 radical (unpaired) electrons. The van der Waals surface area contributed by atoms with Crippen molar-refractivity contribution in [1.29, 1.82) is 0 Å². The van der Waals surface area contributed by atoms with Gasteiger partial charge >= 0.3 is 6.18 Å². The van der Waals surface area contributed by atoms with Crippen LogP contribution < -0.4 is 5.32 Å². The molecule has 3 unspecified atom stereocenters. The summed E-state index contributed by atoms with van der Waals surface area (Å²) in [6.07, 6.45) is -1.85. The minimum atomic E-state index is -4.07. The molecule has 2 nitrogen and oxygen atoms in total. The summed E-state index contributed by atoms with van der Waals surface area (Å²) in [5, 5.41) is 3.18. The summed E-state index contributed by atoms with van der Waals surface area (Å²) in [5.74, 6) is 0. The Kier molecular flexibility index (Phi) is 5.73. The molecule has 1 aliphatic heterocycles. The number of hydrogen-bond donors (Lipinski definition) is 1. The Morgan fingerprint density at radius 2 is 2.06 bits per heavy atom. The Morgan fingerprint density at radius 3 is 2.53 bits per heavy atom. The Morgan fingerprint density at radius 1 is 1.35 bits per heavy atom. The lowest BCUT2D eigenvalue weighted by Gasteiger charge is -2.25. The van der Waals surface area contributed by atoms with E-state index in [1.54, 1.807) is 0 Å². The first-order valence-corrected chi connectivity index (χ1v) is 6.38. The largest absolute Gasteiger partial charge is 0.389 e. The van der Waals surface area contributed by atoms with Gasteiger partial charge in [0.15, 0.2) is 0 Å². The van der Waals surface area contributed by atoms with Crippen molar-refractivity contribution in [3.05, 3.63) is 0 Å². The number of hydrogen-bond acceptors (Lipinski definition) is 2. The molecule has 0 spiro atoms. The smallest absolute Gasteiger partial charge is 0.374 e. The highest BCUT2D eigenvalue weighted by atomic mass is 19.4. The van der Waals surface area contributed by atoms with Gasteiger partial charge in [0.2, 0.25) is 0 Å². The second-order valence-electron chi connectivity index (χ2n) is 4.78. The van der Waals surface area contributed by atoms with Gasteiger partial charge in [-0.2, -0.15) is 13.2 Å². The highest BCUT2D eigenvalue weighted by Crippen LogP contribution is 2.28. The van der Waals surface area contributed by atoms with Gasteiger partial charge in [0.25, 0.3) is 0 Å². The molecular weight excluding hydrogens is 231 g/mol. The average molecular weight is 253 g/mol. The Bertz CT molecular complexity index is 220. The molecule has 102 valence electrons. The maximum atomic E-state index is 12.2. The van der Waals surface area contributed by atoms with E-state index in [0.29, 0.717) is 0 Å². The van der Waals surface area contributed by atoms with Crippen molar-refractivity contribution in [2.45, 2.75) is 70.4 Å². The lowest BCUT2D eigenvalue weighted by atomic mass is 10.0. The molecule has 1 aliphatic rings. The van der Waals surface area contributed by atoms with Crippen molar-refractivity contribution in [2.75, 3.05) is 6.54 Å². The fourth-order valence-electron chi connectivity index (χ4n) is 2.20. The van der Waals surface area contributed by atoms with E-state index >= 15 is 0 Å². The zero-order valence-electron chi connectivity index (χ0n) is 10.5. The summed E-state index contributed by atoms with van der Waals surface area (Å²) in [6.45, 7) is 4.73. The van der Waals surface area contributed by atoms with Crippen LogP contribution in [0.1, 0.15) is 46.0 Å². The van der Waals surface area contributed by atoms with Crippen molar-refractivity contribution >= 4 is 0 Å². The van der Waals surface area contributed by atoms with Gasteiger partial charge in [-0.3, -0.25) is 0 Å². The van der Waals surface area contributed by atoms with E-state index in [2.05, 4.69) is 5.32 Å². The summed E-state index contributed by atoms with van der Waals surface area (Å²) in [7, 11) is 0. The molecule has 1 fully saturated rings. The van der Waals surface area contributed by atoms with E-state index in [4.69, 9.17) is 4.74 Å². The van der Waals surface area contributed by atoms with E-state index < -0.39 is 12.6 Å². The summed E-state index contributed by atoms with van der Waals surface area (Å²) >= 11 is 0. The molecule has 1 N–H and O–H groups in total.